The molecule has 0 saturated carbocycles. The molecule has 122 valence electrons. The predicted octanol–water partition coefficient (Wildman–Crippen LogP) is 3.43. The molecule has 0 saturated heterocycles. The Bertz CT molecular complexity index is 975. The molecule has 1 heterocycles. The van der Waals surface area contributed by atoms with E-state index in [-0.39, 0.29) is 11.1 Å². The van der Waals surface area contributed by atoms with Crippen molar-refractivity contribution in [1.29, 1.82) is 0 Å². The summed E-state index contributed by atoms with van der Waals surface area (Å²) in [6, 6.07) is 14.3. The molecule has 24 heavy (non-hydrogen) atoms. The van der Waals surface area contributed by atoms with Crippen molar-refractivity contribution in [2.75, 3.05) is 11.9 Å². The fraction of sp³-hybridized carbons (Fsp3) is 0.158. The van der Waals surface area contributed by atoms with E-state index in [0.29, 0.717) is 28.8 Å². The minimum absolute atomic E-state index is 0.119. The molecular formula is C19H18N2O3. The highest BCUT2D eigenvalue weighted by Gasteiger charge is 2.23. The first-order valence-electron chi connectivity index (χ1n) is 7.77. The van der Waals surface area contributed by atoms with Gasteiger partial charge in [0.2, 0.25) is 0 Å². The summed E-state index contributed by atoms with van der Waals surface area (Å²) in [7, 11) is 0. The Hall–Kier alpha value is -3.08. The molecule has 0 amide bonds. The molecular weight excluding hydrogens is 304 g/mol. The molecule has 3 rings (SSSR count). The van der Waals surface area contributed by atoms with E-state index < -0.39 is 5.97 Å². The van der Waals surface area contributed by atoms with E-state index in [1.165, 1.54) is 4.57 Å². The van der Waals surface area contributed by atoms with Crippen molar-refractivity contribution >= 4 is 22.6 Å². The third-order valence-electron chi connectivity index (χ3n) is 3.99. The highest BCUT2D eigenvalue weighted by molar-refractivity contribution is 6.09. The van der Waals surface area contributed by atoms with Crippen molar-refractivity contribution in [1.82, 2.24) is 4.57 Å². The number of hydrogen-bond acceptors (Lipinski definition) is 3. The van der Waals surface area contributed by atoms with Crippen molar-refractivity contribution in [3.63, 3.8) is 0 Å². The summed E-state index contributed by atoms with van der Waals surface area (Å²) in [4.78, 5) is 25.1. The Morgan fingerprint density at radius 2 is 1.83 bits per heavy atom. The smallest absolute Gasteiger partial charge is 0.340 e. The highest BCUT2D eigenvalue weighted by Crippen LogP contribution is 2.28. The van der Waals surface area contributed by atoms with Gasteiger partial charge in [0.05, 0.1) is 5.69 Å². The number of aryl methyl sites for hydroxylation is 1. The zero-order chi connectivity index (χ0) is 17.3. The maximum absolute atomic E-state index is 13.1. The summed E-state index contributed by atoms with van der Waals surface area (Å²) >= 11 is 0. The van der Waals surface area contributed by atoms with Gasteiger partial charge in [-0.3, -0.25) is 9.36 Å². The van der Waals surface area contributed by atoms with Gasteiger partial charge in [-0.2, -0.15) is 0 Å². The number of hydrogen-bond donors (Lipinski definition) is 2. The quantitative estimate of drug-likeness (QED) is 0.772. The predicted molar refractivity (Wildman–Crippen MR) is 95.4 cm³/mol. The minimum atomic E-state index is -1.06. The molecule has 0 atom stereocenters. The second-order valence-electron chi connectivity index (χ2n) is 5.53. The summed E-state index contributed by atoms with van der Waals surface area (Å²) < 4.78 is 1.44. The highest BCUT2D eigenvalue weighted by atomic mass is 16.4. The normalized spacial score (nSPS) is 10.8. The second-order valence-corrected chi connectivity index (χ2v) is 5.53. The van der Waals surface area contributed by atoms with Crippen molar-refractivity contribution in [3.05, 3.63) is 70.0 Å². The van der Waals surface area contributed by atoms with Crippen molar-refractivity contribution in [3.8, 4) is 5.69 Å². The number of anilines is 1. The number of pyridine rings is 1. The molecule has 0 aliphatic heterocycles. The molecule has 0 bridgehead atoms. The molecule has 2 N–H and O–H groups in total. The summed E-state index contributed by atoms with van der Waals surface area (Å²) in [5.74, 6) is -0.752. The molecule has 0 aliphatic rings. The summed E-state index contributed by atoms with van der Waals surface area (Å²) in [6.07, 6.45) is 0. The zero-order valence-electron chi connectivity index (χ0n) is 13.5. The Kier molecular flexibility index (Phi) is 4.08. The summed E-state index contributed by atoms with van der Waals surface area (Å²) in [5.41, 5.74) is 1.28. The minimum Gasteiger partial charge on any atom is -0.478 e. The van der Waals surface area contributed by atoms with Crippen LogP contribution in [0.2, 0.25) is 0 Å². The van der Waals surface area contributed by atoms with Crippen LogP contribution >= 0.6 is 0 Å². The Labute approximate surface area is 139 Å². The number of fused-ring (bicyclic) bond motifs is 1. The number of para-hydroxylation sites is 1. The second kappa shape index (κ2) is 6.20. The maximum atomic E-state index is 13.1. The lowest BCUT2D eigenvalue weighted by atomic mass is 10.0. The van der Waals surface area contributed by atoms with Crippen LogP contribution in [0.5, 0.6) is 0 Å². The fourth-order valence-electron chi connectivity index (χ4n) is 3.00. The van der Waals surface area contributed by atoms with Gasteiger partial charge in [-0.1, -0.05) is 30.3 Å². The monoisotopic (exact) mass is 322 g/mol. The van der Waals surface area contributed by atoms with Crippen LogP contribution in [-0.4, -0.2) is 22.2 Å². The van der Waals surface area contributed by atoms with Gasteiger partial charge in [0.1, 0.15) is 11.4 Å². The van der Waals surface area contributed by atoms with E-state index in [4.69, 9.17) is 0 Å². The molecule has 0 fully saturated rings. The van der Waals surface area contributed by atoms with E-state index >= 15 is 0 Å². The zero-order valence-corrected chi connectivity index (χ0v) is 13.5. The summed E-state index contributed by atoms with van der Waals surface area (Å²) in [5, 5.41) is 13.8. The first-order chi connectivity index (χ1) is 11.6. The number of benzene rings is 2. The van der Waals surface area contributed by atoms with Gasteiger partial charge in [0.15, 0.2) is 0 Å². The third kappa shape index (κ3) is 2.44. The first kappa shape index (κ1) is 15.8. The number of nitrogens with zero attached hydrogens (tertiary/aromatic N) is 1. The lowest BCUT2D eigenvalue weighted by Gasteiger charge is -2.19. The SMILES string of the molecule is CCNc1c(C(=O)O)c2c(C)cccc2c(=O)n1-c1ccccc1. The molecule has 0 spiro atoms. The number of nitrogens with one attached hydrogen (secondary N) is 1. The number of aromatic carboxylic acids is 1. The van der Waals surface area contributed by atoms with Crippen LogP contribution in [0.4, 0.5) is 5.82 Å². The lowest BCUT2D eigenvalue weighted by molar-refractivity contribution is 0.0699. The van der Waals surface area contributed by atoms with Gasteiger partial charge >= 0.3 is 5.97 Å². The third-order valence-corrected chi connectivity index (χ3v) is 3.99. The van der Waals surface area contributed by atoms with Crippen LogP contribution < -0.4 is 10.9 Å². The number of carboxylic acids is 1. The van der Waals surface area contributed by atoms with Crippen molar-refractivity contribution in [2.24, 2.45) is 0 Å². The Morgan fingerprint density at radius 1 is 1.12 bits per heavy atom. The Morgan fingerprint density at radius 3 is 2.46 bits per heavy atom. The van der Waals surface area contributed by atoms with Gasteiger partial charge in [0, 0.05) is 17.3 Å². The van der Waals surface area contributed by atoms with Gasteiger partial charge < -0.3 is 10.4 Å². The lowest BCUT2D eigenvalue weighted by Crippen LogP contribution is -2.26. The van der Waals surface area contributed by atoms with E-state index in [1.54, 1.807) is 24.3 Å². The average Bonchev–Trinajstić information content (AvgIpc) is 2.57. The number of carboxylic acid groups (broad SMARTS) is 1. The molecule has 0 unspecified atom stereocenters. The Balaban J connectivity index is 2.57. The molecule has 5 nitrogen and oxygen atoms in total. The van der Waals surface area contributed by atoms with Gasteiger partial charge in [-0.15, -0.1) is 0 Å². The van der Waals surface area contributed by atoms with Gasteiger partial charge in [0.25, 0.3) is 5.56 Å². The standard InChI is InChI=1S/C19H18N2O3/c1-3-20-17-16(19(23)24)15-12(2)8-7-11-14(15)18(22)21(17)13-9-5-4-6-10-13/h4-11,20H,3H2,1-2H3,(H,23,24). The van der Waals surface area contributed by atoms with Gasteiger partial charge in [-0.25, -0.2) is 4.79 Å². The van der Waals surface area contributed by atoms with Gasteiger partial charge in [-0.05, 0) is 37.6 Å². The maximum Gasteiger partial charge on any atom is 0.340 e. The first-order valence-corrected chi connectivity index (χ1v) is 7.77. The van der Waals surface area contributed by atoms with Crippen LogP contribution in [0, 0.1) is 6.92 Å². The molecule has 5 heteroatoms. The van der Waals surface area contributed by atoms with Crippen molar-refractivity contribution in [2.45, 2.75) is 13.8 Å². The topological polar surface area (TPSA) is 71.3 Å². The van der Waals surface area contributed by atoms with Crippen LogP contribution in [-0.2, 0) is 0 Å². The van der Waals surface area contributed by atoms with E-state index in [2.05, 4.69) is 5.32 Å². The van der Waals surface area contributed by atoms with Crippen LogP contribution in [0.3, 0.4) is 0 Å². The number of carbonyl (C=O) groups is 1. The summed E-state index contributed by atoms with van der Waals surface area (Å²) in [6.45, 7) is 4.19. The van der Waals surface area contributed by atoms with Crippen LogP contribution in [0.25, 0.3) is 16.5 Å². The molecule has 0 radical (unpaired) electrons. The van der Waals surface area contributed by atoms with Crippen molar-refractivity contribution < 1.29 is 9.90 Å². The largest absolute Gasteiger partial charge is 0.478 e. The number of aromatic nitrogens is 1. The molecule has 2 aromatic carbocycles. The fourth-order valence-corrected chi connectivity index (χ4v) is 3.00. The molecule has 0 aliphatic carbocycles. The van der Waals surface area contributed by atoms with E-state index in [9.17, 15) is 14.7 Å². The average molecular weight is 322 g/mol. The number of rotatable bonds is 4. The molecule has 3 aromatic rings. The van der Waals surface area contributed by atoms with Crippen LogP contribution in [0.1, 0.15) is 22.8 Å². The molecule has 1 aromatic heterocycles. The van der Waals surface area contributed by atoms with E-state index in [1.807, 2.05) is 38.1 Å². The van der Waals surface area contributed by atoms with E-state index in [0.717, 1.165) is 5.56 Å². The van der Waals surface area contributed by atoms with Crippen LogP contribution in [0.15, 0.2) is 53.3 Å².